The van der Waals surface area contributed by atoms with Crippen LogP contribution in [0.2, 0.25) is 0 Å². The predicted octanol–water partition coefficient (Wildman–Crippen LogP) is 5.33. The van der Waals surface area contributed by atoms with Crippen LogP contribution in [0.5, 0.6) is 0 Å². The second-order valence-corrected chi connectivity index (χ2v) is 4.64. The summed E-state index contributed by atoms with van der Waals surface area (Å²) in [6.45, 7) is 2.04. The van der Waals surface area contributed by atoms with E-state index in [1.807, 2.05) is 61.5 Å². The molecule has 0 aliphatic carbocycles. The molecule has 0 bridgehead atoms. The van der Waals surface area contributed by atoms with Gasteiger partial charge in [0.15, 0.2) is 0 Å². The van der Waals surface area contributed by atoms with Gasteiger partial charge in [-0.3, -0.25) is 0 Å². The van der Waals surface area contributed by atoms with Gasteiger partial charge in [0, 0.05) is 0 Å². The molecule has 0 nitrogen and oxygen atoms in total. The van der Waals surface area contributed by atoms with Crippen molar-refractivity contribution in [2.24, 2.45) is 0 Å². The van der Waals surface area contributed by atoms with Gasteiger partial charge in [-0.15, -0.1) is 0 Å². The highest BCUT2D eigenvalue weighted by atomic mass is 14.0. The molecule has 0 aromatic heterocycles. The first-order valence-electron chi connectivity index (χ1n) is 7.39. The summed E-state index contributed by atoms with van der Waals surface area (Å²) in [7, 11) is 0. The Bertz CT molecular complexity index is 760. The van der Waals surface area contributed by atoms with Crippen molar-refractivity contribution in [2.75, 3.05) is 0 Å². The molecule has 0 amide bonds. The number of benzene rings is 3. The van der Waals surface area contributed by atoms with Gasteiger partial charge in [-0.05, 0) is 29.2 Å². The van der Waals surface area contributed by atoms with Gasteiger partial charge in [0.2, 0.25) is 0 Å². The molecule has 0 atom stereocenters. The molecule has 19 heavy (non-hydrogen) atoms. The maximum atomic E-state index is 8.27. The lowest BCUT2D eigenvalue weighted by atomic mass is 10.00. The zero-order valence-corrected chi connectivity index (χ0v) is 10.9. The summed E-state index contributed by atoms with van der Waals surface area (Å²) in [4.78, 5) is 0. The smallest absolute Gasteiger partial charge is 0.0622 e. The van der Waals surface area contributed by atoms with Crippen LogP contribution >= 0.6 is 0 Å². The molecule has 0 spiro atoms. The molecule has 92 valence electrons. The molecule has 0 heterocycles. The number of rotatable bonds is 2. The van der Waals surface area contributed by atoms with E-state index in [2.05, 4.69) is 0 Å². The molecule has 0 N–H and O–H groups in total. The largest absolute Gasteiger partial charge is 0.0629 e. The first kappa shape index (κ1) is 9.57. The van der Waals surface area contributed by atoms with Crippen molar-refractivity contribution in [1.29, 1.82) is 0 Å². The highest BCUT2D eigenvalue weighted by Crippen LogP contribution is 2.24. The molecule has 0 saturated carbocycles. The summed E-state index contributed by atoms with van der Waals surface area (Å²) in [6, 6.07) is 22.3. The van der Waals surface area contributed by atoms with E-state index in [0.29, 0.717) is 12.1 Å². The summed E-state index contributed by atoms with van der Waals surface area (Å²) in [6.07, 6.45) is 0. The van der Waals surface area contributed by atoms with E-state index in [9.17, 15) is 0 Å². The van der Waals surface area contributed by atoms with Crippen LogP contribution in [0.1, 0.15) is 8.30 Å². The summed E-state index contributed by atoms with van der Waals surface area (Å²) >= 11 is 0. The third kappa shape index (κ3) is 2.58. The minimum atomic E-state index is 0.452. The molecule has 0 aliphatic heterocycles. The second kappa shape index (κ2) is 5.11. The van der Waals surface area contributed by atoms with Crippen molar-refractivity contribution in [3.8, 4) is 22.3 Å². The van der Waals surface area contributed by atoms with Crippen LogP contribution in [0.3, 0.4) is 0 Å². The summed E-state index contributed by atoms with van der Waals surface area (Å²) in [5, 5.41) is 0. The molecule has 0 saturated heterocycles. The van der Waals surface area contributed by atoms with E-state index < -0.39 is 0 Å². The molecule has 0 radical (unpaired) electrons. The number of hydrogen-bond acceptors (Lipinski definition) is 0. The Morgan fingerprint density at radius 2 is 1.11 bits per heavy atom. The van der Waals surface area contributed by atoms with E-state index in [0.717, 1.165) is 22.3 Å². The minimum Gasteiger partial charge on any atom is -0.0622 e. The SMILES string of the molecule is [3H]c1cc(-c2ccc(C)cc2)c([3H])cc1-c1ccccc1. The maximum absolute atomic E-state index is 8.27. The van der Waals surface area contributed by atoms with E-state index >= 15 is 0 Å². The third-order valence-electron chi connectivity index (χ3n) is 3.19. The summed E-state index contributed by atoms with van der Waals surface area (Å²) in [5.74, 6) is 0. The van der Waals surface area contributed by atoms with Gasteiger partial charge in [0.1, 0.15) is 0 Å². The Kier molecular flexibility index (Phi) is 2.58. The summed E-state index contributed by atoms with van der Waals surface area (Å²) < 4.78 is 16.5. The van der Waals surface area contributed by atoms with Crippen molar-refractivity contribution in [2.45, 2.75) is 6.92 Å². The van der Waals surface area contributed by atoms with E-state index in [1.165, 1.54) is 5.56 Å². The normalized spacial score (nSPS) is 11.8. The van der Waals surface area contributed by atoms with Crippen LogP contribution in [-0.2, 0) is 0 Å². The Morgan fingerprint density at radius 1 is 0.579 bits per heavy atom. The Labute approximate surface area is 117 Å². The van der Waals surface area contributed by atoms with E-state index in [4.69, 9.17) is 2.74 Å². The van der Waals surface area contributed by atoms with Crippen molar-refractivity contribution >= 4 is 0 Å². The first-order valence-corrected chi connectivity index (χ1v) is 6.39. The van der Waals surface area contributed by atoms with Crippen LogP contribution in [-0.4, -0.2) is 0 Å². The molecule has 0 fully saturated rings. The molecule has 0 heteroatoms. The highest BCUT2D eigenvalue weighted by molar-refractivity contribution is 5.70. The predicted molar refractivity (Wildman–Crippen MR) is 82.1 cm³/mol. The van der Waals surface area contributed by atoms with Crippen LogP contribution in [0.25, 0.3) is 22.3 Å². The second-order valence-electron chi connectivity index (χ2n) is 4.64. The molecule has 0 unspecified atom stereocenters. The fourth-order valence-electron chi connectivity index (χ4n) is 2.07. The van der Waals surface area contributed by atoms with Crippen molar-refractivity contribution < 1.29 is 2.74 Å². The molecular weight excluding hydrogens is 228 g/mol. The molecular formula is C19H16. The molecule has 0 aliphatic rings. The monoisotopic (exact) mass is 248 g/mol. The third-order valence-corrected chi connectivity index (χ3v) is 3.19. The number of hydrogen-bond donors (Lipinski definition) is 0. The lowest BCUT2D eigenvalue weighted by Crippen LogP contribution is -1.80. The van der Waals surface area contributed by atoms with E-state index in [1.54, 1.807) is 12.1 Å². The van der Waals surface area contributed by atoms with Gasteiger partial charge >= 0.3 is 0 Å². The van der Waals surface area contributed by atoms with Gasteiger partial charge in [-0.2, -0.15) is 0 Å². The Hall–Kier alpha value is -2.34. The topological polar surface area (TPSA) is 0 Å². The zero-order chi connectivity index (χ0) is 14.8. The highest BCUT2D eigenvalue weighted by Gasteiger charge is 1.99. The molecule has 3 aromatic rings. The van der Waals surface area contributed by atoms with Crippen molar-refractivity contribution in [3.63, 3.8) is 0 Å². The van der Waals surface area contributed by atoms with Crippen molar-refractivity contribution in [1.82, 2.24) is 0 Å². The van der Waals surface area contributed by atoms with Crippen LogP contribution in [0.15, 0.2) is 78.8 Å². The van der Waals surface area contributed by atoms with Gasteiger partial charge in [0.05, 0.1) is 2.74 Å². The van der Waals surface area contributed by atoms with Crippen molar-refractivity contribution in [3.05, 3.63) is 84.4 Å². The van der Waals surface area contributed by atoms with Gasteiger partial charge < -0.3 is 0 Å². The Balaban J connectivity index is 2.10. The lowest BCUT2D eigenvalue weighted by molar-refractivity contribution is 1.47. The number of aryl methyl sites for hydroxylation is 1. The van der Waals surface area contributed by atoms with Crippen LogP contribution in [0, 0.1) is 6.92 Å². The quantitative estimate of drug-likeness (QED) is 0.575. The Morgan fingerprint density at radius 3 is 1.68 bits per heavy atom. The van der Waals surface area contributed by atoms with Gasteiger partial charge in [-0.25, -0.2) is 0 Å². The van der Waals surface area contributed by atoms with Gasteiger partial charge in [0.25, 0.3) is 0 Å². The van der Waals surface area contributed by atoms with Crippen LogP contribution in [0.4, 0.5) is 0 Å². The first-order chi connectivity index (χ1) is 10.1. The zero-order valence-electron chi connectivity index (χ0n) is 12.9. The standard InChI is InChI=1S/C19H16/c1-15-7-9-17(10-8-15)19-13-11-18(12-14-19)16-5-3-2-4-6-16/h2-14H,1H3/i11T,14T. The average molecular weight is 248 g/mol. The van der Waals surface area contributed by atoms with E-state index in [-0.39, 0.29) is 0 Å². The average Bonchev–Trinajstić information content (AvgIpc) is 2.51. The lowest BCUT2D eigenvalue weighted by Gasteiger charge is -2.05. The maximum Gasteiger partial charge on any atom is 0.0629 e. The fraction of sp³-hybridized carbons (Fsp3) is 0.0526. The fourth-order valence-corrected chi connectivity index (χ4v) is 2.07. The minimum absolute atomic E-state index is 0.452. The summed E-state index contributed by atoms with van der Waals surface area (Å²) in [5.41, 5.74) is 4.76. The molecule has 3 aromatic carbocycles. The van der Waals surface area contributed by atoms with Gasteiger partial charge in [-0.1, -0.05) is 84.4 Å². The molecule has 3 rings (SSSR count). The van der Waals surface area contributed by atoms with Crippen LogP contribution < -0.4 is 0 Å².